The van der Waals surface area contributed by atoms with Crippen LogP contribution in [0.1, 0.15) is 34.8 Å². The van der Waals surface area contributed by atoms with Gasteiger partial charge in [0.15, 0.2) is 0 Å². The largest absolute Gasteiger partial charge is 0.507 e. The summed E-state index contributed by atoms with van der Waals surface area (Å²) in [5, 5.41) is 22.5. The third-order valence-corrected chi connectivity index (χ3v) is 4.96. The Morgan fingerprint density at radius 1 is 1.19 bits per heavy atom. The van der Waals surface area contributed by atoms with Gasteiger partial charge in [-0.2, -0.15) is 0 Å². The highest BCUT2D eigenvalue weighted by Gasteiger charge is 2.35. The first-order valence-corrected chi connectivity index (χ1v) is 9.17. The van der Waals surface area contributed by atoms with Crippen LogP contribution in [0.4, 0.5) is 0 Å². The number of aromatic hydroxyl groups is 2. The summed E-state index contributed by atoms with van der Waals surface area (Å²) in [6, 6.07) is 9.21. The number of carbonyl (C=O) groups is 2. The molecule has 3 rings (SSSR count). The zero-order valence-corrected chi connectivity index (χ0v) is 15.7. The van der Waals surface area contributed by atoms with E-state index >= 15 is 0 Å². The first-order chi connectivity index (χ1) is 12.9. The van der Waals surface area contributed by atoms with E-state index in [1.165, 1.54) is 11.0 Å². The SMILES string of the molecule is CCCNC(=O)[C@H]1Cc2ccccc2CN1C(=O)c1cc(Cl)c(O)cc1O. The van der Waals surface area contributed by atoms with Crippen molar-refractivity contribution >= 4 is 23.4 Å². The van der Waals surface area contributed by atoms with Crippen LogP contribution in [-0.2, 0) is 17.8 Å². The summed E-state index contributed by atoms with van der Waals surface area (Å²) in [5.74, 6) is -1.44. The van der Waals surface area contributed by atoms with Gasteiger partial charge in [0.05, 0.1) is 10.6 Å². The summed E-state index contributed by atoms with van der Waals surface area (Å²) in [7, 11) is 0. The molecule has 0 fully saturated rings. The first kappa shape index (κ1) is 19.0. The number of benzene rings is 2. The normalized spacial score (nSPS) is 15.9. The van der Waals surface area contributed by atoms with Gasteiger partial charge in [-0.25, -0.2) is 0 Å². The van der Waals surface area contributed by atoms with Gasteiger partial charge in [0.2, 0.25) is 5.91 Å². The standard InChI is InChI=1S/C20H21ClN2O4/c1-2-7-22-19(26)16-8-12-5-3-4-6-13(12)11-23(16)20(27)14-9-15(21)18(25)10-17(14)24/h3-6,9-10,16,24-25H,2,7-8,11H2,1H3,(H,22,26)/t16-/m1/s1. The molecule has 2 amide bonds. The molecule has 0 radical (unpaired) electrons. The van der Waals surface area contributed by atoms with Crippen molar-refractivity contribution < 1.29 is 19.8 Å². The smallest absolute Gasteiger partial charge is 0.258 e. The Morgan fingerprint density at radius 2 is 1.89 bits per heavy atom. The lowest BCUT2D eigenvalue weighted by molar-refractivity contribution is -0.126. The zero-order valence-electron chi connectivity index (χ0n) is 14.9. The van der Waals surface area contributed by atoms with Crippen LogP contribution < -0.4 is 5.32 Å². The highest BCUT2D eigenvalue weighted by Crippen LogP contribution is 2.33. The maximum Gasteiger partial charge on any atom is 0.258 e. The fraction of sp³-hybridized carbons (Fsp3) is 0.300. The minimum absolute atomic E-state index is 0.0412. The second-order valence-corrected chi connectivity index (χ2v) is 6.94. The summed E-state index contributed by atoms with van der Waals surface area (Å²) >= 11 is 5.91. The van der Waals surface area contributed by atoms with Crippen molar-refractivity contribution in [1.82, 2.24) is 10.2 Å². The molecular weight excluding hydrogens is 368 g/mol. The summed E-state index contributed by atoms with van der Waals surface area (Å²) in [6.07, 6.45) is 1.18. The van der Waals surface area contributed by atoms with E-state index in [1.54, 1.807) is 0 Å². The van der Waals surface area contributed by atoms with E-state index in [2.05, 4.69) is 5.32 Å². The molecule has 0 unspecified atom stereocenters. The van der Waals surface area contributed by atoms with Gasteiger partial charge in [-0.15, -0.1) is 0 Å². The average Bonchev–Trinajstić information content (AvgIpc) is 2.67. The van der Waals surface area contributed by atoms with Crippen LogP contribution in [0.5, 0.6) is 11.5 Å². The zero-order chi connectivity index (χ0) is 19.6. The molecule has 1 heterocycles. The number of hydrogen-bond donors (Lipinski definition) is 3. The Balaban J connectivity index is 1.98. The molecule has 0 bridgehead atoms. The Kier molecular flexibility index (Phi) is 5.56. The molecule has 2 aromatic rings. The second kappa shape index (κ2) is 7.88. The van der Waals surface area contributed by atoms with Gasteiger partial charge in [-0.3, -0.25) is 9.59 Å². The third-order valence-electron chi connectivity index (χ3n) is 4.66. The molecule has 0 saturated heterocycles. The number of halogens is 1. The molecule has 0 aliphatic carbocycles. The summed E-state index contributed by atoms with van der Waals surface area (Å²) < 4.78 is 0. The van der Waals surface area contributed by atoms with Crippen LogP contribution in [0.2, 0.25) is 5.02 Å². The van der Waals surface area contributed by atoms with Crippen molar-refractivity contribution in [3.8, 4) is 11.5 Å². The van der Waals surface area contributed by atoms with Gasteiger partial charge in [0, 0.05) is 25.6 Å². The maximum absolute atomic E-state index is 13.1. The van der Waals surface area contributed by atoms with Gasteiger partial charge >= 0.3 is 0 Å². The van der Waals surface area contributed by atoms with E-state index in [-0.39, 0.29) is 34.5 Å². The molecule has 3 N–H and O–H groups in total. The fourth-order valence-corrected chi connectivity index (χ4v) is 3.38. The van der Waals surface area contributed by atoms with Gasteiger partial charge in [-0.05, 0) is 23.6 Å². The molecule has 0 aromatic heterocycles. The summed E-state index contributed by atoms with van der Waals surface area (Å²) in [5.41, 5.74) is 1.92. The average molecular weight is 389 g/mol. The predicted molar refractivity (Wildman–Crippen MR) is 102 cm³/mol. The lowest BCUT2D eigenvalue weighted by Crippen LogP contribution is -2.52. The van der Waals surface area contributed by atoms with Crippen molar-refractivity contribution in [1.29, 1.82) is 0 Å². The van der Waals surface area contributed by atoms with Crippen LogP contribution >= 0.6 is 11.6 Å². The number of phenolic OH excluding ortho intramolecular Hbond substituents is 2. The number of fused-ring (bicyclic) bond motifs is 1. The molecule has 6 nitrogen and oxygen atoms in total. The van der Waals surface area contributed by atoms with Crippen molar-refractivity contribution in [3.05, 3.63) is 58.1 Å². The van der Waals surface area contributed by atoms with Crippen LogP contribution in [-0.4, -0.2) is 39.5 Å². The van der Waals surface area contributed by atoms with Crippen LogP contribution in [0, 0.1) is 0 Å². The van der Waals surface area contributed by atoms with Crippen LogP contribution in [0.25, 0.3) is 0 Å². The molecule has 0 spiro atoms. The predicted octanol–water partition coefficient (Wildman–Crippen LogP) is 2.84. The van der Waals surface area contributed by atoms with E-state index in [4.69, 9.17) is 11.6 Å². The van der Waals surface area contributed by atoms with E-state index in [1.807, 2.05) is 31.2 Å². The minimum atomic E-state index is -0.689. The lowest BCUT2D eigenvalue weighted by atomic mass is 9.92. The highest BCUT2D eigenvalue weighted by molar-refractivity contribution is 6.32. The van der Waals surface area contributed by atoms with Crippen molar-refractivity contribution in [3.63, 3.8) is 0 Å². The van der Waals surface area contributed by atoms with Crippen LogP contribution in [0.15, 0.2) is 36.4 Å². The Hall–Kier alpha value is -2.73. The maximum atomic E-state index is 13.1. The molecule has 1 aliphatic heterocycles. The molecule has 142 valence electrons. The Bertz CT molecular complexity index is 884. The van der Waals surface area contributed by atoms with Crippen molar-refractivity contribution in [2.24, 2.45) is 0 Å². The first-order valence-electron chi connectivity index (χ1n) is 8.79. The number of amides is 2. The van der Waals surface area contributed by atoms with Gasteiger partial charge in [0.25, 0.3) is 5.91 Å². The lowest BCUT2D eigenvalue weighted by Gasteiger charge is -2.36. The van der Waals surface area contributed by atoms with Crippen LogP contribution in [0.3, 0.4) is 0 Å². The van der Waals surface area contributed by atoms with Gasteiger partial charge < -0.3 is 20.4 Å². The monoisotopic (exact) mass is 388 g/mol. The second-order valence-electron chi connectivity index (χ2n) is 6.53. The summed E-state index contributed by atoms with van der Waals surface area (Å²) in [6.45, 7) is 2.72. The highest BCUT2D eigenvalue weighted by atomic mass is 35.5. The molecule has 7 heteroatoms. The quantitative estimate of drug-likeness (QED) is 0.751. The number of nitrogens with one attached hydrogen (secondary N) is 1. The third kappa shape index (κ3) is 3.85. The van der Waals surface area contributed by atoms with E-state index < -0.39 is 11.9 Å². The van der Waals surface area contributed by atoms with Gasteiger partial charge in [-0.1, -0.05) is 42.8 Å². The number of carbonyl (C=O) groups excluding carboxylic acids is 2. The number of phenols is 2. The number of hydrogen-bond acceptors (Lipinski definition) is 4. The molecule has 1 aliphatic rings. The summed E-state index contributed by atoms with van der Waals surface area (Å²) in [4.78, 5) is 27.3. The van der Waals surface area contributed by atoms with Crippen molar-refractivity contribution in [2.45, 2.75) is 32.4 Å². The van der Waals surface area contributed by atoms with Crippen molar-refractivity contribution in [2.75, 3.05) is 6.54 Å². The number of nitrogens with zero attached hydrogens (tertiary/aromatic N) is 1. The Morgan fingerprint density at radius 3 is 2.59 bits per heavy atom. The molecule has 1 atom stereocenters. The molecule has 2 aromatic carbocycles. The van der Waals surface area contributed by atoms with Gasteiger partial charge in [0.1, 0.15) is 17.5 Å². The van der Waals surface area contributed by atoms with E-state index in [0.29, 0.717) is 13.0 Å². The van der Waals surface area contributed by atoms with E-state index in [9.17, 15) is 19.8 Å². The number of rotatable bonds is 4. The van der Waals surface area contributed by atoms with E-state index in [0.717, 1.165) is 23.6 Å². The molecular formula is C20H21ClN2O4. The topological polar surface area (TPSA) is 89.9 Å². The molecule has 27 heavy (non-hydrogen) atoms. The molecule has 0 saturated carbocycles. The minimum Gasteiger partial charge on any atom is -0.507 e. The fourth-order valence-electron chi connectivity index (χ4n) is 3.21. The Labute approximate surface area is 162 Å².